The zero-order valence-corrected chi connectivity index (χ0v) is 13.4. The lowest BCUT2D eigenvalue weighted by Crippen LogP contribution is -2.45. The molecule has 0 aliphatic carbocycles. The molecule has 0 atom stereocenters. The van der Waals surface area contributed by atoms with Gasteiger partial charge in [-0.15, -0.1) is 0 Å². The second-order valence-corrected chi connectivity index (χ2v) is 6.12. The third-order valence-corrected chi connectivity index (χ3v) is 3.33. The number of anilines is 1. The van der Waals surface area contributed by atoms with Crippen molar-refractivity contribution in [3.63, 3.8) is 0 Å². The zero-order valence-electron chi connectivity index (χ0n) is 12.6. The molecule has 0 aromatic heterocycles. The van der Waals surface area contributed by atoms with E-state index in [0.717, 1.165) is 12.1 Å². The molecule has 0 fully saturated rings. The number of likely N-dealkylation sites (N-methyl/N-ethyl adjacent to an activating group) is 1. The van der Waals surface area contributed by atoms with Crippen molar-refractivity contribution in [2.75, 3.05) is 18.4 Å². The Morgan fingerprint density at radius 2 is 2.05 bits per heavy atom. The van der Waals surface area contributed by atoms with Gasteiger partial charge < -0.3 is 11.1 Å². The van der Waals surface area contributed by atoms with Crippen molar-refractivity contribution in [3.8, 4) is 0 Å². The zero-order chi connectivity index (χ0) is 15.3. The number of nitrogens with one attached hydrogen (secondary N) is 1. The molecule has 110 valence electrons. The molecule has 0 aliphatic rings. The third kappa shape index (κ3) is 4.90. The molecule has 0 aliphatic heterocycles. The summed E-state index contributed by atoms with van der Waals surface area (Å²) in [5, 5.41) is 2.88. The maximum atomic E-state index is 12.1. The van der Waals surface area contributed by atoms with Gasteiger partial charge in [-0.2, -0.15) is 0 Å². The molecular weight excluding hydrogens is 270 g/mol. The van der Waals surface area contributed by atoms with Crippen LogP contribution in [0.15, 0.2) is 24.3 Å². The Bertz CT molecular complexity index is 494. The molecule has 1 amide bonds. The summed E-state index contributed by atoms with van der Waals surface area (Å²) >= 11 is 4.93. The minimum atomic E-state index is -0.0399. The Kier molecular flexibility index (Phi) is 5.65. The first-order valence-corrected chi connectivity index (χ1v) is 7.09. The first-order chi connectivity index (χ1) is 9.24. The minimum Gasteiger partial charge on any atom is -0.389 e. The Morgan fingerprint density at radius 1 is 1.40 bits per heavy atom. The molecule has 0 heterocycles. The van der Waals surface area contributed by atoms with Crippen LogP contribution in [0, 0.1) is 0 Å². The van der Waals surface area contributed by atoms with Crippen LogP contribution in [0.4, 0.5) is 5.69 Å². The monoisotopic (exact) mass is 293 g/mol. The van der Waals surface area contributed by atoms with Crippen LogP contribution in [0.25, 0.3) is 0 Å². The van der Waals surface area contributed by atoms with E-state index in [1.165, 1.54) is 0 Å². The summed E-state index contributed by atoms with van der Waals surface area (Å²) < 4.78 is 0. The normalized spacial score (nSPS) is 11.4. The van der Waals surface area contributed by atoms with Gasteiger partial charge in [-0.25, -0.2) is 0 Å². The van der Waals surface area contributed by atoms with Gasteiger partial charge in [-0.05, 0) is 39.4 Å². The molecule has 1 rings (SSSR count). The summed E-state index contributed by atoms with van der Waals surface area (Å²) in [5.74, 6) is -0.0399. The van der Waals surface area contributed by atoms with Crippen molar-refractivity contribution < 1.29 is 4.79 Å². The summed E-state index contributed by atoms with van der Waals surface area (Å²) in [4.78, 5) is 14.5. The van der Waals surface area contributed by atoms with E-state index >= 15 is 0 Å². The van der Waals surface area contributed by atoms with Crippen LogP contribution >= 0.6 is 12.2 Å². The molecule has 5 heteroatoms. The van der Waals surface area contributed by atoms with Crippen molar-refractivity contribution in [2.45, 2.75) is 33.2 Å². The highest BCUT2D eigenvalue weighted by molar-refractivity contribution is 7.80. The van der Waals surface area contributed by atoms with Gasteiger partial charge in [-0.1, -0.05) is 31.3 Å². The molecule has 0 saturated carbocycles. The smallest absolute Gasteiger partial charge is 0.238 e. The number of carbonyl (C=O) groups excluding carboxylic acids is 1. The van der Waals surface area contributed by atoms with Crippen LogP contribution in [-0.2, 0) is 4.79 Å². The van der Waals surface area contributed by atoms with Gasteiger partial charge in [0.05, 0.1) is 6.54 Å². The average molecular weight is 293 g/mol. The fraction of sp³-hybridized carbons (Fsp3) is 0.467. The molecule has 3 N–H and O–H groups in total. The summed E-state index contributed by atoms with van der Waals surface area (Å²) in [6, 6.07) is 7.26. The molecule has 0 bridgehead atoms. The van der Waals surface area contributed by atoms with E-state index < -0.39 is 0 Å². The van der Waals surface area contributed by atoms with Crippen molar-refractivity contribution in [1.29, 1.82) is 0 Å². The summed E-state index contributed by atoms with van der Waals surface area (Å²) in [5.41, 5.74) is 7.01. The van der Waals surface area contributed by atoms with Crippen LogP contribution in [0.1, 0.15) is 33.3 Å². The second-order valence-electron chi connectivity index (χ2n) is 5.68. The van der Waals surface area contributed by atoms with E-state index in [1.54, 1.807) is 6.07 Å². The van der Waals surface area contributed by atoms with Gasteiger partial charge in [0.2, 0.25) is 5.91 Å². The molecular formula is C15H23N3OS. The van der Waals surface area contributed by atoms with E-state index in [2.05, 4.69) is 31.0 Å². The summed E-state index contributed by atoms with van der Waals surface area (Å²) in [7, 11) is 0. The lowest BCUT2D eigenvalue weighted by atomic mass is 10.1. The van der Waals surface area contributed by atoms with Crippen LogP contribution in [-0.4, -0.2) is 34.4 Å². The number of rotatable bonds is 5. The summed E-state index contributed by atoms with van der Waals surface area (Å²) in [6.45, 7) is 9.51. The van der Waals surface area contributed by atoms with Gasteiger partial charge in [-0.3, -0.25) is 9.69 Å². The van der Waals surface area contributed by atoms with E-state index in [-0.39, 0.29) is 11.4 Å². The van der Waals surface area contributed by atoms with Gasteiger partial charge in [0.1, 0.15) is 4.99 Å². The quantitative estimate of drug-likeness (QED) is 0.818. The predicted molar refractivity (Wildman–Crippen MR) is 88.0 cm³/mol. The van der Waals surface area contributed by atoms with Crippen molar-refractivity contribution in [1.82, 2.24) is 4.90 Å². The number of thiocarbonyl (C=S) groups is 1. The number of hydrogen-bond acceptors (Lipinski definition) is 3. The van der Waals surface area contributed by atoms with Crippen molar-refractivity contribution in [3.05, 3.63) is 29.8 Å². The lowest BCUT2D eigenvalue weighted by molar-refractivity contribution is -0.118. The fourth-order valence-corrected chi connectivity index (χ4v) is 2.07. The van der Waals surface area contributed by atoms with E-state index in [0.29, 0.717) is 17.2 Å². The standard InChI is InChI=1S/C15H23N3OS/c1-5-18(15(2,3)4)10-13(19)17-12-8-6-7-11(9-12)14(16)20/h6-9H,5,10H2,1-4H3,(H2,16,20)(H,17,19). The SMILES string of the molecule is CCN(CC(=O)Nc1cccc(C(N)=S)c1)C(C)(C)C. The van der Waals surface area contributed by atoms with Gasteiger partial charge in [0.15, 0.2) is 0 Å². The Balaban J connectivity index is 2.71. The maximum absolute atomic E-state index is 12.1. The lowest BCUT2D eigenvalue weighted by Gasteiger charge is -2.34. The predicted octanol–water partition coefficient (Wildman–Crippen LogP) is 2.38. The highest BCUT2D eigenvalue weighted by Gasteiger charge is 2.21. The number of carbonyl (C=O) groups is 1. The summed E-state index contributed by atoms with van der Waals surface area (Å²) in [6.07, 6.45) is 0. The number of nitrogens with two attached hydrogens (primary N) is 1. The maximum Gasteiger partial charge on any atom is 0.238 e. The van der Waals surface area contributed by atoms with Crippen molar-refractivity contribution >= 4 is 28.8 Å². The molecule has 0 spiro atoms. The van der Waals surface area contributed by atoms with Gasteiger partial charge in [0.25, 0.3) is 0 Å². The highest BCUT2D eigenvalue weighted by Crippen LogP contribution is 2.14. The van der Waals surface area contributed by atoms with Crippen LogP contribution in [0.3, 0.4) is 0 Å². The molecule has 0 unspecified atom stereocenters. The molecule has 0 radical (unpaired) electrons. The Morgan fingerprint density at radius 3 is 2.55 bits per heavy atom. The number of hydrogen-bond donors (Lipinski definition) is 2. The largest absolute Gasteiger partial charge is 0.389 e. The van der Waals surface area contributed by atoms with E-state index in [9.17, 15) is 4.79 Å². The second kappa shape index (κ2) is 6.81. The minimum absolute atomic E-state index is 0.0350. The third-order valence-electron chi connectivity index (χ3n) is 3.10. The molecule has 1 aromatic carbocycles. The highest BCUT2D eigenvalue weighted by atomic mass is 32.1. The molecule has 1 aromatic rings. The average Bonchev–Trinajstić information content (AvgIpc) is 2.34. The van der Waals surface area contributed by atoms with Gasteiger partial charge >= 0.3 is 0 Å². The molecule has 0 saturated heterocycles. The Hall–Kier alpha value is -1.46. The van der Waals surface area contributed by atoms with Crippen LogP contribution in [0.5, 0.6) is 0 Å². The fourth-order valence-electron chi connectivity index (χ4n) is 1.95. The number of nitrogens with zero attached hydrogens (tertiary/aromatic N) is 1. The molecule has 20 heavy (non-hydrogen) atoms. The number of benzene rings is 1. The van der Waals surface area contributed by atoms with Gasteiger partial charge in [0, 0.05) is 16.8 Å². The first kappa shape index (κ1) is 16.6. The molecule has 4 nitrogen and oxygen atoms in total. The Labute approximate surface area is 126 Å². The first-order valence-electron chi connectivity index (χ1n) is 6.69. The van der Waals surface area contributed by atoms with Crippen LogP contribution in [0.2, 0.25) is 0 Å². The van der Waals surface area contributed by atoms with Crippen molar-refractivity contribution in [2.24, 2.45) is 5.73 Å². The topological polar surface area (TPSA) is 58.4 Å². The van der Waals surface area contributed by atoms with Crippen LogP contribution < -0.4 is 11.1 Å². The van der Waals surface area contributed by atoms with E-state index in [1.807, 2.05) is 25.1 Å². The van der Waals surface area contributed by atoms with E-state index in [4.69, 9.17) is 18.0 Å². The number of amides is 1.